The van der Waals surface area contributed by atoms with Gasteiger partial charge in [0.05, 0.1) is 24.3 Å². The average Bonchev–Trinajstić information content (AvgIpc) is 2.46. The minimum atomic E-state index is 0.408. The molecule has 0 heterocycles. The summed E-state index contributed by atoms with van der Waals surface area (Å²) in [4.78, 5) is 0. The lowest BCUT2D eigenvalue weighted by Gasteiger charge is -2.26. The topological polar surface area (TPSA) is 42.2 Å². The van der Waals surface area contributed by atoms with E-state index in [0.29, 0.717) is 24.9 Å². The quantitative estimate of drug-likeness (QED) is 0.760. The van der Waals surface area contributed by atoms with Gasteiger partial charge in [-0.25, -0.2) is 0 Å². The van der Waals surface area contributed by atoms with Crippen molar-refractivity contribution in [3.05, 3.63) is 29.8 Å². The fourth-order valence-corrected chi connectivity index (χ4v) is 2.43. The van der Waals surface area contributed by atoms with Crippen LogP contribution in [0.1, 0.15) is 38.2 Å². The van der Waals surface area contributed by atoms with Gasteiger partial charge in [-0.05, 0) is 49.8 Å². The molecule has 0 amide bonds. The third-order valence-electron chi connectivity index (χ3n) is 3.63. The van der Waals surface area contributed by atoms with Gasteiger partial charge < -0.3 is 9.47 Å². The van der Waals surface area contributed by atoms with Gasteiger partial charge in [0.25, 0.3) is 0 Å². The highest BCUT2D eigenvalue weighted by atomic mass is 16.5. The predicted molar refractivity (Wildman–Crippen MR) is 74.0 cm³/mol. The SMILES string of the molecule is CC1CCC(OCCOc2cccc(C#N)c2)CC1. The van der Waals surface area contributed by atoms with Gasteiger partial charge in [0.1, 0.15) is 12.4 Å². The maximum Gasteiger partial charge on any atom is 0.120 e. The number of nitriles is 1. The molecule has 102 valence electrons. The van der Waals surface area contributed by atoms with Crippen LogP contribution in [-0.4, -0.2) is 19.3 Å². The van der Waals surface area contributed by atoms with Crippen molar-refractivity contribution in [3.8, 4) is 11.8 Å². The van der Waals surface area contributed by atoms with Crippen molar-refractivity contribution in [1.82, 2.24) is 0 Å². The van der Waals surface area contributed by atoms with E-state index in [-0.39, 0.29) is 0 Å². The molecule has 1 aromatic rings. The van der Waals surface area contributed by atoms with Crippen molar-refractivity contribution in [2.45, 2.75) is 38.7 Å². The van der Waals surface area contributed by atoms with E-state index in [9.17, 15) is 0 Å². The Morgan fingerprint density at radius 2 is 2.00 bits per heavy atom. The number of nitrogens with zero attached hydrogens (tertiary/aromatic N) is 1. The molecule has 1 saturated carbocycles. The summed E-state index contributed by atoms with van der Waals surface area (Å²) in [5.41, 5.74) is 0.625. The Kier molecular flexibility index (Phi) is 5.23. The minimum Gasteiger partial charge on any atom is -0.491 e. The fraction of sp³-hybridized carbons (Fsp3) is 0.562. The second kappa shape index (κ2) is 7.16. The highest BCUT2D eigenvalue weighted by molar-refractivity contribution is 5.36. The van der Waals surface area contributed by atoms with E-state index in [2.05, 4.69) is 13.0 Å². The smallest absolute Gasteiger partial charge is 0.120 e. The van der Waals surface area contributed by atoms with Crippen LogP contribution in [0.5, 0.6) is 5.75 Å². The van der Waals surface area contributed by atoms with Crippen LogP contribution < -0.4 is 4.74 Å². The minimum absolute atomic E-state index is 0.408. The van der Waals surface area contributed by atoms with Crippen LogP contribution in [0.2, 0.25) is 0 Å². The standard InChI is InChI=1S/C16H21NO2/c1-13-5-7-15(8-6-13)18-9-10-19-16-4-2-3-14(11-16)12-17/h2-4,11,13,15H,5-10H2,1H3. The van der Waals surface area contributed by atoms with E-state index in [4.69, 9.17) is 14.7 Å². The summed E-state index contributed by atoms with van der Waals surface area (Å²) in [6, 6.07) is 9.32. The van der Waals surface area contributed by atoms with Crippen LogP contribution in [-0.2, 0) is 4.74 Å². The zero-order chi connectivity index (χ0) is 13.5. The second-order valence-corrected chi connectivity index (χ2v) is 5.24. The summed E-state index contributed by atoms with van der Waals surface area (Å²) >= 11 is 0. The maximum atomic E-state index is 8.79. The van der Waals surface area contributed by atoms with Crippen LogP contribution in [0.25, 0.3) is 0 Å². The molecule has 0 unspecified atom stereocenters. The number of ether oxygens (including phenoxy) is 2. The summed E-state index contributed by atoms with van der Waals surface area (Å²) < 4.78 is 11.4. The van der Waals surface area contributed by atoms with Crippen LogP contribution in [0.15, 0.2) is 24.3 Å². The lowest BCUT2D eigenvalue weighted by Crippen LogP contribution is -2.22. The molecule has 0 aliphatic heterocycles. The van der Waals surface area contributed by atoms with Gasteiger partial charge in [0.2, 0.25) is 0 Å². The Bertz CT molecular complexity index is 431. The van der Waals surface area contributed by atoms with Gasteiger partial charge in [0, 0.05) is 0 Å². The third kappa shape index (κ3) is 4.57. The molecule has 3 nitrogen and oxygen atoms in total. The zero-order valence-corrected chi connectivity index (χ0v) is 11.5. The van der Waals surface area contributed by atoms with Crippen molar-refractivity contribution in [2.75, 3.05) is 13.2 Å². The molecule has 0 aromatic heterocycles. The largest absolute Gasteiger partial charge is 0.491 e. The summed E-state index contributed by atoms with van der Waals surface area (Å²) in [7, 11) is 0. The number of rotatable bonds is 5. The second-order valence-electron chi connectivity index (χ2n) is 5.24. The first-order chi connectivity index (χ1) is 9.28. The fourth-order valence-electron chi connectivity index (χ4n) is 2.43. The Morgan fingerprint density at radius 1 is 1.21 bits per heavy atom. The molecular formula is C16H21NO2. The van der Waals surface area contributed by atoms with Gasteiger partial charge in [-0.15, -0.1) is 0 Å². The highest BCUT2D eigenvalue weighted by Crippen LogP contribution is 2.25. The first-order valence-corrected chi connectivity index (χ1v) is 7.02. The van der Waals surface area contributed by atoms with Crippen LogP contribution in [0.3, 0.4) is 0 Å². The molecule has 1 aliphatic rings. The lowest BCUT2D eigenvalue weighted by molar-refractivity contribution is 0.00570. The summed E-state index contributed by atoms with van der Waals surface area (Å²) in [6.07, 6.45) is 5.30. The molecule has 19 heavy (non-hydrogen) atoms. The highest BCUT2D eigenvalue weighted by Gasteiger charge is 2.18. The first kappa shape index (κ1) is 13.9. The molecule has 1 fully saturated rings. The molecule has 1 aromatic carbocycles. The van der Waals surface area contributed by atoms with Crippen LogP contribution in [0, 0.1) is 17.2 Å². The molecular weight excluding hydrogens is 238 g/mol. The van der Waals surface area contributed by atoms with Crippen molar-refractivity contribution in [3.63, 3.8) is 0 Å². The molecule has 0 N–H and O–H groups in total. The van der Waals surface area contributed by atoms with E-state index >= 15 is 0 Å². The molecule has 0 atom stereocenters. The van der Waals surface area contributed by atoms with Gasteiger partial charge in [-0.2, -0.15) is 5.26 Å². The van der Waals surface area contributed by atoms with E-state index in [0.717, 1.165) is 11.7 Å². The zero-order valence-electron chi connectivity index (χ0n) is 11.5. The monoisotopic (exact) mass is 259 g/mol. The number of hydrogen-bond acceptors (Lipinski definition) is 3. The van der Waals surface area contributed by atoms with Gasteiger partial charge in [0.15, 0.2) is 0 Å². The lowest BCUT2D eigenvalue weighted by atomic mass is 9.89. The van der Waals surface area contributed by atoms with Gasteiger partial charge in [-0.3, -0.25) is 0 Å². The van der Waals surface area contributed by atoms with Crippen LogP contribution in [0.4, 0.5) is 0 Å². The molecule has 2 rings (SSSR count). The molecule has 3 heteroatoms. The van der Waals surface area contributed by atoms with Crippen molar-refractivity contribution in [2.24, 2.45) is 5.92 Å². The Labute approximate surface area is 115 Å². The third-order valence-corrected chi connectivity index (χ3v) is 3.63. The van der Waals surface area contributed by atoms with Gasteiger partial charge in [-0.1, -0.05) is 13.0 Å². The Balaban J connectivity index is 1.65. The van der Waals surface area contributed by atoms with E-state index in [1.807, 2.05) is 12.1 Å². The van der Waals surface area contributed by atoms with Crippen LogP contribution >= 0.6 is 0 Å². The predicted octanol–water partition coefficient (Wildman–Crippen LogP) is 3.53. The molecule has 0 saturated heterocycles. The molecule has 0 bridgehead atoms. The summed E-state index contributed by atoms with van der Waals surface area (Å²) in [5, 5.41) is 8.79. The normalized spacial score (nSPS) is 22.7. The molecule has 1 aliphatic carbocycles. The maximum absolute atomic E-state index is 8.79. The molecule has 0 radical (unpaired) electrons. The Hall–Kier alpha value is -1.53. The van der Waals surface area contributed by atoms with E-state index < -0.39 is 0 Å². The summed E-state index contributed by atoms with van der Waals surface area (Å²) in [6.45, 7) is 3.47. The summed E-state index contributed by atoms with van der Waals surface area (Å²) in [5.74, 6) is 1.59. The van der Waals surface area contributed by atoms with E-state index in [1.165, 1.54) is 25.7 Å². The number of benzene rings is 1. The van der Waals surface area contributed by atoms with E-state index in [1.54, 1.807) is 12.1 Å². The van der Waals surface area contributed by atoms with Crippen molar-refractivity contribution >= 4 is 0 Å². The Morgan fingerprint density at radius 3 is 2.74 bits per heavy atom. The number of hydrogen-bond donors (Lipinski definition) is 0. The first-order valence-electron chi connectivity index (χ1n) is 7.02. The van der Waals surface area contributed by atoms with Gasteiger partial charge >= 0.3 is 0 Å². The average molecular weight is 259 g/mol. The molecule has 0 spiro atoms. The van der Waals surface area contributed by atoms with Crippen molar-refractivity contribution in [1.29, 1.82) is 5.26 Å². The van der Waals surface area contributed by atoms with Crippen molar-refractivity contribution < 1.29 is 9.47 Å².